The molecule has 1 amide bonds. The van der Waals surface area contributed by atoms with E-state index in [2.05, 4.69) is 30.7 Å². The van der Waals surface area contributed by atoms with Gasteiger partial charge in [0, 0.05) is 29.7 Å². The fraction of sp³-hybridized carbons (Fsp3) is 0.217. The third kappa shape index (κ3) is 5.10. The zero-order valence-corrected chi connectivity index (χ0v) is 18.1. The molecule has 0 unspecified atom stereocenters. The van der Waals surface area contributed by atoms with Crippen LogP contribution in [0.3, 0.4) is 0 Å². The standard InChI is InChI=1S/C23H21FN8O/c1-3-32-13-20-23(31-32)30-21(12-27-20)28-14(2)18-8-17(6-7-19(18)24)29-22(33)9-16-5-4-15(10-25)11-26-16/h4-8,11-14H,3,9H2,1-2H3,(H,29,33)(H,28,30,31)/t14-/m0/s1. The Hall–Kier alpha value is -4.39. The van der Waals surface area contributed by atoms with Gasteiger partial charge in [-0.25, -0.2) is 14.4 Å². The van der Waals surface area contributed by atoms with Crippen molar-refractivity contribution < 1.29 is 9.18 Å². The largest absolute Gasteiger partial charge is 0.362 e. The number of hydrogen-bond acceptors (Lipinski definition) is 7. The summed E-state index contributed by atoms with van der Waals surface area (Å²) in [6.07, 6.45) is 4.84. The molecule has 3 heterocycles. The Labute approximate surface area is 189 Å². The van der Waals surface area contributed by atoms with Crippen molar-refractivity contribution in [3.8, 4) is 6.07 Å². The number of amides is 1. The van der Waals surface area contributed by atoms with Crippen molar-refractivity contribution >= 4 is 28.6 Å². The third-order valence-corrected chi connectivity index (χ3v) is 5.01. The first-order valence-electron chi connectivity index (χ1n) is 10.4. The van der Waals surface area contributed by atoms with E-state index in [4.69, 9.17) is 5.26 Å². The van der Waals surface area contributed by atoms with Crippen molar-refractivity contribution in [2.45, 2.75) is 32.9 Å². The van der Waals surface area contributed by atoms with Crippen LogP contribution in [0.25, 0.3) is 11.2 Å². The van der Waals surface area contributed by atoms with Gasteiger partial charge in [0.05, 0.1) is 30.4 Å². The zero-order valence-electron chi connectivity index (χ0n) is 18.1. The minimum Gasteiger partial charge on any atom is -0.362 e. The van der Waals surface area contributed by atoms with Crippen molar-refractivity contribution in [3.05, 3.63) is 71.6 Å². The van der Waals surface area contributed by atoms with Crippen LogP contribution in [-0.4, -0.2) is 30.6 Å². The molecule has 4 aromatic rings. The van der Waals surface area contributed by atoms with E-state index in [1.54, 1.807) is 36.0 Å². The maximum absolute atomic E-state index is 14.5. The van der Waals surface area contributed by atoms with Gasteiger partial charge in [0.25, 0.3) is 0 Å². The number of rotatable bonds is 7. The smallest absolute Gasteiger partial charge is 0.230 e. The molecule has 0 radical (unpaired) electrons. The maximum Gasteiger partial charge on any atom is 0.230 e. The SMILES string of the molecule is CCn1cc2ncc(N[C@@H](C)c3cc(NC(=O)Cc4ccc(C#N)cn4)ccc3F)nc2n1. The summed E-state index contributed by atoms with van der Waals surface area (Å²) in [5.41, 5.74) is 2.97. The number of nitrogens with zero attached hydrogens (tertiary/aromatic N) is 6. The predicted octanol–water partition coefficient (Wildman–Crippen LogP) is 3.61. The Kier molecular flexibility index (Phi) is 6.22. The van der Waals surface area contributed by atoms with Crippen molar-refractivity contribution in [1.82, 2.24) is 24.7 Å². The number of nitriles is 1. The Bertz CT molecular complexity index is 1340. The fourth-order valence-corrected chi connectivity index (χ4v) is 3.29. The number of nitrogens with one attached hydrogen (secondary N) is 2. The number of halogens is 1. The summed E-state index contributed by atoms with van der Waals surface area (Å²) in [6, 6.07) is 9.15. The summed E-state index contributed by atoms with van der Waals surface area (Å²) < 4.78 is 16.3. The normalized spacial score (nSPS) is 11.7. The molecule has 166 valence electrons. The van der Waals surface area contributed by atoms with Crippen LogP contribution in [0, 0.1) is 17.1 Å². The van der Waals surface area contributed by atoms with Crippen molar-refractivity contribution in [2.24, 2.45) is 0 Å². The van der Waals surface area contributed by atoms with Crippen LogP contribution in [0.15, 0.2) is 48.9 Å². The number of aryl methyl sites for hydroxylation is 1. The summed E-state index contributed by atoms with van der Waals surface area (Å²) in [5.74, 6) is -0.239. The molecular weight excluding hydrogens is 423 g/mol. The molecule has 0 spiro atoms. The van der Waals surface area contributed by atoms with Gasteiger partial charge in [-0.15, -0.1) is 0 Å². The van der Waals surface area contributed by atoms with E-state index in [0.29, 0.717) is 46.0 Å². The summed E-state index contributed by atoms with van der Waals surface area (Å²) in [6.45, 7) is 4.48. The molecular formula is C23H21FN8O. The molecule has 0 aliphatic rings. The van der Waals surface area contributed by atoms with Crippen molar-refractivity contribution in [1.29, 1.82) is 5.26 Å². The Morgan fingerprint density at radius 3 is 2.82 bits per heavy atom. The second kappa shape index (κ2) is 9.40. The fourth-order valence-electron chi connectivity index (χ4n) is 3.29. The van der Waals surface area contributed by atoms with Gasteiger partial charge >= 0.3 is 0 Å². The Morgan fingerprint density at radius 2 is 2.09 bits per heavy atom. The highest BCUT2D eigenvalue weighted by molar-refractivity contribution is 5.92. The van der Waals surface area contributed by atoms with Crippen LogP contribution < -0.4 is 10.6 Å². The lowest BCUT2D eigenvalue weighted by molar-refractivity contribution is -0.115. The second-order valence-electron chi connectivity index (χ2n) is 7.43. The van der Waals surface area contributed by atoms with Crippen LogP contribution in [0.1, 0.15) is 36.7 Å². The molecule has 0 saturated heterocycles. The summed E-state index contributed by atoms with van der Waals surface area (Å²) >= 11 is 0. The van der Waals surface area contributed by atoms with Gasteiger partial charge in [-0.3, -0.25) is 14.5 Å². The molecule has 4 rings (SSSR count). The number of hydrogen-bond donors (Lipinski definition) is 2. The molecule has 1 atom stereocenters. The van der Waals surface area contributed by atoms with E-state index in [1.165, 1.54) is 18.3 Å². The van der Waals surface area contributed by atoms with E-state index in [-0.39, 0.29) is 12.3 Å². The minimum absolute atomic E-state index is 0.0340. The lowest BCUT2D eigenvalue weighted by Gasteiger charge is -2.17. The monoisotopic (exact) mass is 444 g/mol. The highest BCUT2D eigenvalue weighted by Gasteiger charge is 2.15. The van der Waals surface area contributed by atoms with Gasteiger partial charge in [0.15, 0.2) is 0 Å². The van der Waals surface area contributed by atoms with Gasteiger partial charge in [-0.1, -0.05) is 0 Å². The van der Waals surface area contributed by atoms with Gasteiger partial charge in [-0.05, 0) is 44.2 Å². The van der Waals surface area contributed by atoms with Crippen LogP contribution in [0.4, 0.5) is 15.9 Å². The summed E-state index contributed by atoms with van der Waals surface area (Å²) in [5, 5.41) is 19.1. The molecule has 9 nitrogen and oxygen atoms in total. The van der Waals surface area contributed by atoms with Gasteiger partial charge in [-0.2, -0.15) is 10.4 Å². The first kappa shape index (κ1) is 21.8. The zero-order chi connectivity index (χ0) is 23.4. The quantitative estimate of drug-likeness (QED) is 0.447. The molecule has 0 aliphatic carbocycles. The number of fused-ring (bicyclic) bond motifs is 1. The van der Waals surface area contributed by atoms with Crippen LogP contribution in [0.5, 0.6) is 0 Å². The highest BCUT2D eigenvalue weighted by atomic mass is 19.1. The first-order valence-corrected chi connectivity index (χ1v) is 10.4. The average Bonchev–Trinajstić information content (AvgIpc) is 3.23. The molecule has 0 fully saturated rings. The van der Waals surface area contributed by atoms with Crippen LogP contribution in [0.2, 0.25) is 0 Å². The summed E-state index contributed by atoms with van der Waals surface area (Å²) in [4.78, 5) is 25.3. The van der Waals surface area contributed by atoms with E-state index in [9.17, 15) is 9.18 Å². The van der Waals surface area contributed by atoms with Crippen LogP contribution >= 0.6 is 0 Å². The average molecular weight is 444 g/mol. The molecule has 2 N–H and O–H groups in total. The number of benzene rings is 1. The summed E-state index contributed by atoms with van der Waals surface area (Å²) in [7, 11) is 0. The number of anilines is 2. The minimum atomic E-state index is -0.443. The maximum atomic E-state index is 14.5. The Morgan fingerprint density at radius 1 is 1.24 bits per heavy atom. The second-order valence-corrected chi connectivity index (χ2v) is 7.43. The molecule has 0 aliphatic heterocycles. The van der Waals surface area contributed by atoms with Crippen molar-refractivity contribution in [3.63, 3.8) is 0 Å². The van der Waals surface area contributed by atoms with Gasteiger partial charge in [0.2, 0.25) is 11.6 Å². The number of aromatic nitrogens is 5. The third-order valence-electron chi connectivity index (χ3n) is 5.01. The van der Waals surface area contributed by atoms with Gasteiger partial charge < -0.3 is 10.6 Å². The van der Waals surface area contributed by atoms with Crippen molar-refractivity contribution in [2.75, 3.05) is 10.6 Å². The first-order chi connectivity index (χ1) is 15.9. The van der Waals surface area contributed by atoms with E-state index >= 15 is 0 Å². The topological polar surface area (TPSA) is 121 Å². The number of carbonyl (C=O) groups is 1. The van der Waals surface area contributed by atoms with Gasteiger partial charge in [0.1, 0.15) is 23.2 Å². The number of pyridine rings is 1. The molecule has 0 bridgehead atoms. The lowest BCUT2D eigenvalue weighted by atomic mass is 10.1. The van der Waals surface area contributed by atoms with E-state index in [1.807, 2.05) is 19.2 Å². The molecule has 0 saturated carbocycles. The lowest BCUT2D eigenvalue weighted by Crippen LogP contribution is -2.16. The number of carbonyl (C=O) groups excluding carboxylic acids is 1. The van der Waals surface area contributed by atoms with E-state index < -0.39 is 11.9 Å². The molecule has 3 aromatic heterocycles. The predicted molar refractivity (Wildman–Crippen MR) is 121 cm³/mol. The molecule has 10 heteroatoms. The molecule has 33 heavy (non-hydrogen) atoms. The van der Waals surface area contributed by atoms with Crippen LogP contribution in [-0.2, 0) is 17.8 Å². The van der Waals surface area contributed by atoms with E-state index in [0.717, 1.165) is 0 Å². The highest BCUT2D eigenvalue weighted by Crippen LogP contribution is 2.24. The molecule has 1 aromatic carbocycles. The Balaban J connectivity index is 1.45.